The van der Waals surface area contributed by atoms with Crippen molar-refractivity contribution in [2.24, 2.45) is 5.73 Å². The molecule has 21 heavy (non-hydrogen) atoms. The van der Waals surface area contributed by atoms with Crippen LogP contribution in [0.3, 0.4) is 0 Å². The summed E-state index contributed by atoms with van der Waals surface area (Å²) in [5, 5.41) is 6.22. The highest BCUT2D eigenvalue weighted by molar-refractivity contribution is 7.09. The van der Waals surface area contributed by atoms with E-state index in [9.17, 15) is 4.79 Å². The number of benzene rings is 1. The number of nitrogens with two attached hydrogens (primary N) is 1. The Bertz CT molecular complexity index is 589. The molecule has 0 fully saturated rings. The number of carbonyl (C=O) groups is 1. The van der Waals surface area contributed by atoms with Gasteiger partial charge in [0, 0.05) is 23.4 Å². The molecule has 0 bridgehead atoms. The number of nitrogens with one attached hydrogen (secondary N) is 1. The zero-order chi connectivity index (χ0) is 14.4. The Morgan fingerprint density at radius 1 is 1.33 bits per heavy atom. The second kappa shape index (κ2) is 9.00. The third-order valence-corrected chi connectivity index (χ3v) is 4.06. The van der Waals surface area contributed by atoms with Crippen LogP contribution in [0, 0.1) is 0 Å². The first-order valence-electron chi connectivity index (χ1n) is 6.37. The first-order valence-corrected chi connectivity index (χ1v) is 7.62. The van der Waals surface area contributed by atoms with Crippen LogP contribution < -0.4 is 11.1 Å². The zero-order valence-electron chi connectivity index (χ0n) is 11.3. The van der Waals surface area contributed by atoms with Gasteiger partial charge in [-0.1, -0.05) is 29.8 Å². The number of aromatic nitrogens is 1. The fraction of sp³-hybridized carbons (Fsp3) is 0.286. The quantitative estimate of drug-likeness (QED) is 0.845. The molecule has 0 unspecified atom stereocenters. The Kier molecular flexibility index (Phi) is 7.67. The third-order valence-electron chi connectivity index (χ3n) is 2.78. The summed E-state index contributed by atoms with van der Waals surface area (Å²) in [6.45, 7) is 1.08. The number of carbonyl (C=O) groups excluding carboxylic acids is 1. The van der Waals surface area contributed by atoms with Crippen molar-refractivity contribution in [3.05, 3.63) is 50.9 Å². The van der Waals surface area contributed by atoms with Gasteiger partial charge in [-0.3, -0.25) is 4.79 Å². The molecular formula is C14H17Cl2N3OS. The van der Waals surface area contributed by atoms with Crippen LogP contribution in [0.1, 0.15) is 21.1 Å². The van der Waals surface area contributed by atoms with Crippen LogP contribution in [-0.4, -0.2) is 24.0 Å². The molecule has 0 spiro atoms. The largest absolute Gasteiger partial charge is 0.350 e. The summed E-state index contributed by atoms with van der Waals surface area (Å²) in [6, 6.07) is 7.62. The van der Waals surface area contributed by atoms with Crippen LogP contribution in [0.25, 0.3) is 0 Å². The van der Waals surface area contributed by atoms with Crippen LogP contribution in [0.4, 0.5) is 0 Å². The summed E-state index contributed by atoms with van der Waals surface area (Å²) in [5.74, 6) is -0.156. The van der Waals surface area contributed by atoms with E-state index in [-0.39, 0.29) is 18.3 Å². The van der Waals surface area contributed by atoms with Crippen molar-refractivity contribution < 1.29 is 4.79 Å². The SMILES string of the molecule is Cl.NCCc1nc(C(=O)NCCc2ccccc2Cl)cs1. The van der Waals surface area contributed by atoms with Crippen LogP contribution in [-0.2, 0) is 12.8 Å². The van der Waals surface area contributed by atoms with Crippen molar-refractivity contribution in [1.29, 1.82) is 0 Å². The Hall–Kier alpha value is -1.14. The second-order valence-corrected chi connectivity index (χ2v) is 5.61. The number of hydrogen-bond donors (Lipinski definition) is 2. The summed E-state index contributed by atoms with van der Waals surface area (Å²) in [5.41, 5.74) is 6.94. The predicted molar refractivity (Wildman–Crippen MR) is 89.6 cm³/mol. The van der Waals surface area contributed by atoms with E-state index in [4.69, 9.17) is 17.3 Å². The number of halogens is 2. The van der Waals surface area contributed by atoms with Crippen LogP contribution in [0.2, 0.25) is 5.02 Å². The average Bonchev–Trinajstić information content (AvgIpc) is 2.90. The van der Waals surface area contributed by atoms with E-state index >= 15 is 0 Å². The Morgan fingerprint density at radius 3 is 2.81 bits per heavy atom. The van der Waals surface area contributed by atoms with E-state index in [1.165, 1.54) is 11.3 Å². The fourth-order valence-corrected chi connectivity index (χ4v) is 2.78. The molecule has 2 aromatic rings. The number of amides is 1. The molecule has 1 heterocycles. The predicted octanol–water partition coefficient (Wildman–Crippen LogP) is 2.69. The van der Waals surface area contributed by atoms with Gasteiger partial charge in [-0.15, -0.1) is 23.7 Å². The Balaban J connectivity index is 0.00000220. The third kappa shape index (κ3) is 5.28. The van der Waals surface area contributed by atoms with Crippen molar-refractivity contribution in [1.82, 2.24) is 10.3 Å². The van der Waals surface area contributed by atoms with Gasteiger partial charge in [-0.25, -0.2) is 4.98 Å². The van der Waals surface area contributed by atoms with Crippen LogP contribution in [0.5, 0.6) is 0 Å². The number of thiazole rings is 1. The maximum atomic E-state index is 11.9. The molecule has 0 aliphatic heterocycles. The lowest BCUT2D eigenvalue weighted by molar-refractivity contribution is 0.0949. The summed E-state index contributed by atoms with van der Waals surface area (Å²) in [7, 11) is 0. The van der Waals surface area contributed by atoms with Gasteiger partial charge in [0.1, 0.15) is 5.69 Å². The number of nitrogens with zero attached hydrogens (tertiary/aromatic N) is 1. The monoisotopic (exact) mass is 345 g/mol. The van der Waals surface area contributed by atoms with Crippen molar-refractivity contribution in [3.8, 4) is 0 Å². The van der Waals surface area contributed by atoms with Crippen molar-refractivity contribution in [2.45, 2.75) is 12.8 Å². The van der Waals surface area contributed by atoms with Gasteiger partial charge in [0.05, 0.1) is 5.01 Å². The van der Waals surface area contributed by atoms with Crippen molar-refractivity contribution in [3.63, 3.8) is 0 Å². The highest BCUT2D eigenvalue weighted by Gasteiger charge is 2.10. The molecule has 0 saturated carbocycles. The number of rotatable bonds is 6. The van der Waals surface area contributed by atoms with Gasteiger partial charge >= 0.3 is 0 Å². The minimum absolute atomic E-state index is 0. The second-order valence-electron chi connectivity index (χ2n) is 4.26. The molecule has 1 aromatic carbocycles. The number of hydrogen-bond acceptors (Lipinski definition) is 4. The van der Waals surface area contributed by atoms with Crippen molar-refractivity contribution in [2.75, 3.05) is 13.1 Å². The van der Waals surface area contributed by atoms with E-state index in [0.717, 1.165) is 15.6 Å². The van der Waals surface area contributed by atoms with Crippen molar-refractivity contribution >= 4 is 41.3 Å². The fourth-order valence-electron chi connectivity index (χ4n) is 1.76. The van der Waals surface area contributed by atoms with Crippen LogP contribution in [0.15, 0.2) is 29.6 Å². The highest BCUT2D eigenvalue weighted by Crippen LogP contribution is 2.15. The van der Waals surface area contributed by atoms with Gasteiger partial charge in [-0.2, -0.15) is 0 Å². The molecule has 1 amide bonds. The van der Waals surface area contributed by atoms with Gasteiger partial charge in [0.2, 0.25) is 0 Å². The van der Waals surface area contributed by atoms with Gasteiger partial charge < -0.3 is 11.1 Å². The van der Waals surface area contributed by atoms with E-state index < -0.39 is 0 Å². The lowest BCUT2D eigenvalue weighted by atomic mass is 10.1. The van der Waals surface area contributed by atoms with Crippen LogP contribution >= 0.6 is 35.3 Å². The summed E-state index contributed by atoms with van der Waals surface area (Å²) in [4.78, 5) is 16.1. The first kappa shape index (κ1) is 17.9. The normalized spacial score (nSPS) is 10.0. The van der Waals surface area contributed by atoms with Gasteiger partial charge in [0.15, 0.2) is 0 Å². The topological polar surface area (TPSA) is 68.0 Å². The minimum atomic E-state index is -0.156. The molecule has 0 aliphatic rings. The molecule has 0 saturated heterocycles. The molecule has 114 valence electrons. The van der Waals surface area contributed by atoms with E-state index in [1.54, 1.807) is 5.38 Å². The van der Waals surface area contributed by atoms with E-state index in [1.807, 2.05) is 24.3 Å². The molecule has 4 nitrogen and oxygen atoms in total. The molecular weight excluding hydrogens is 329 g/mol. The Labute approximate surface area is 139 Å². The maximum absolute atomic E-state index is 11.9. The lowest BCUT2D eigenvalue weighted by Crippen LogP contribution is -2.26. The molecule has 0 atom stereocenters. The minimum Gasteiger partial charge on any atom is -0.350 e. The molecule has 0 radical (unpaired) electrons. The standard InChI is InChI=1S/C14H16ClN3OS.ClH/c15-11-4-2-1-3-10(11)6-8-17-14(19)12-9-20-13(18-12)5-7-16;/h1-4,9H,5-8,16H2,(H,17,19);1H. The molecule has 7 heteroatoms. The Morgan fingerprint density at radius 2 is 2.10 bits per heavy atom. The molecule has 2 rings (SSSR count). The zero-order valence-corrected chi connectivity index (χ0v) is 13.7. The maximum Gasteiger partial charge on any atom is 0.270 e. The van der Waals surface area contributed by atoms with Gasteiger partial charge in [0.25, 0.3) is 5.91 Å². The van der Waals surface area contributed by atoms with E-state index in [2.05, 4.69) is 10.3 Å². The van der Waals surface area contributed by atoms with E-state index in [0.29, 0.717) is 31.6 Å². The summed E-state index contributed by atoms with van der Waals surface area (Å²) in [6.07, 6.45) is 1.41. The summed E-state index contributed by atoms with van der Waals surface area (Å²) >= 11 is 7.52. The summed E-state index contributed by atoms with van der Waals surface area (Å²) < 4.78 is 0. The first-order chi connectivity index (χ1) is 9.70. The van der Waals surface area contributed by atoms with Gasteiger partial charge in [-0.05, 0) is 24.6 Å². The smallest absolute Gasteiger partial charge is 0.270 e. The lowest BCUT2D eigenvalue weighted by Gasteiger charge is -2.05. The molecule has 1 aromatic heterocycles. The average molecular weight is 346 g/mol. The molecule has 0 aliphatic carbocycles. The highest BCUT2D eigenvalue weighted by atomic mass is 35.5. The molecule has 3 N–H and O–H groups in total.